The van der Waals surface area contributed by atoms with Gasteiger partial charge in [-0.3, -0.25) is 4.90 Å². The molecular formula is C22H36N2OS. The van der Waals surface area contributed by atoms with E-state index in [0.717, 1.165) is 45.2 Å². The number of anilines is 1. The molecule has 3 atom stereocenters. The number of benzene rings is 1. The summed E-state index contributed by atoms with van der Waals surface area (Å²) in [6.45, 7) is 13.3. The Bertz CT molecular complexity index is 542. The lowest BCUT2D eigenvalue weighted by molar-refractivity contribution is -0.0237. The lowest BCUT2D eigenvalue weighted by Crippen LogP contribution is -2.48. The zero-order valence-corrected chi connectivity index (χ0v) is 17.6. The zero-order valence-electron chi connectivity index (χ0n) is 16.7. The molecule has 1 aromatic carbocycles. The molecule has 1 saturated carbocycles. The van der Waals surface area contributed by atoms with Crippen molar-refractivity contribution in [3.63, 3.8) is 0 Å². The Balaban J connectivity index is 1.37. The maximum atomic E-state index is 6.27. The van der Waals surface area contributed by atoms with Gasteiger partial charge in [0.05, 0.1) is 12.7 Å². The van der Waals surface area contributed by atoms with E-state index in [2.05, 4.69) is 60.9 Å². The van der Waals surface area contributed by atoms with E-state index < -0.39 is 0 Å². The molecule has 3 rings (SSSR count). The van der Waals surface area contributed by atoms with Crippen molar-refractivity contribution in [1.29, 1.82) is 0 Å². The summed E-state index contributed by atoms with van der Waals surface area (Å²) in [4.78, 5) is 5.01. The summed E-state index contributed by atoms with van der Waals surface area (Å²) in [6.07, 6.45) is 4.13. The van der Waals surface area contributed by atoms with Crippen LogP contribution in [0.1, 0.15) is 40.0 Å². The summed E-state index contributed by atoms with van der Waals surface area (Å²) < 4.78 is 6.27. The summed E-state index contributed by atoms with van der Waals surface area (Å²) in [5.74, 6) is 0.771. The highest BCUT2D eigenvalue weighted by Gasteiger charge is 2.32. The maximum Gasteiger partial charge on any atom is 0.0598 e. The molecule has 26 heavy (non-hydrogen) atoms. The van der Waals surface area contributed by atoms with Crippen molar-refractivity contribution < 1.29 is 4.74 Å². The van der Waals surface area contributed by atoms with Crippen LogP contribution < -0.4 is 4.90 Å². The molecule has 0 N–H and O–H groups in total. The van der Waals surface area contributed by atoms with E-state index in [-0.39, 0.29) is 0 Å². The van der Waals surface area contributed by atoms with Crippen molar-refractivity contribution >= 4 is 18.3 Å². The number of nitrogens with zero attached hydrogens (tertiary/aromatic N) is 2. The summed E-state index contributed by atoms with van der Waals surface area (Å²) in [5.41, 5.74) is 1.76. The minimum atomic E-state index is 0.304. The summed E-state index contributed by atoms with van der Waals surface area (Å²) in [7, 11) is 0. The highest BCUT2D eigenvalue weighted by molar-refractivity contribution is 7.81. The molecular weight excluding hydrogens is 340 g/mol. The van der Waals surface area contributed by atoms with Gasteiger partial charge in [-0.25, -0.2) is 0 Å². The normalized spacial score (nSPS) is 28.1. The first-order valence-corrected chi connectivity index (χ1v) is 10.7. The van der Waals surface area contributed by atoms with E-state index >= 15 is 0 Å². The van der Waals surface area contributed by atoms with Gasteiger partial charge in [0.1, 0.15) is 0 Å². The fourth-order valence-corrected chi connectivity index (χ4v) is 5.13. The Morgan fingerprint density at radius 3 is 2.46 bits per heavy atom. The molecule has 2 fully saturated rings. The van der Waals surface area contributed by atoms with Crippen molar-refractivity contribution in [2.45, 2.75) is 51.4 Å². The standard InChI is InChI=1S/C22H36N2OS/c1-18-13-20(15-22(2,3)14-18)25-17-21(26)16-23-9-11-24(12-10-23)19-7-5-4-6-8-19/h4-8,18,20-21,26H,9-17H2,1-3H3/t18-,20-,21+/m1/s1. The number of rotatable bonds is 6. The third kappa shape index (κ3) is 5.90. The van der Waals surface area contributed by atoms with Crippen LogP contribution in [0.4, 0.5) is 5.69 Å². The predicted molar refractivity (Wildman–Crippen MR) is 114 cm³/mol. The van der Waals surface area contributed by atoms with E-state index in [1.165, 1.54) is 24.9 Å². The Kier molecular flexibility index (Phi) is 6.92. The number of thiol groups is 1. The smallest absolute Gasteiger partial charge is 0.0598 e. The maximum absolute atomic E-state index is 6.27. The topological polar surface area (TPSA) is 15.7 Å². The van der Waals surface area contributed by atoms with Crippen LogP contribution in [0.2, 0.25) is 0 Å². The molecule has 146 valence electrons. The van der Waals surface area contributed by atoms with Gasteiger partial charge in [0.2, 0.25) is 0 Å². The second kappa shape index (κ2) is 8.99. The van der Waals surface area contributed by atoms with Crippen LogP contribution in [0.15, 0.2) is 30.3 Å². The molecule has 1 aromatic rings. The van der Waals surface area contributed by atoms with Gasteiger partial charge in [-0.2, -0.15) is 12.6 Å². The fraction of sp³-hybridized carbons (Fsp3) is 0.727. The lowest BCUT2D eigenvalue weighted by Gasteiger charge is -2.39. The molecule has 0 bridgehead atoms. The van der Waals surface area contributed by atoms with Crippen molar-refractivity contribution in [3.8, 4) is 0 Å². The summed E-state index contributed by atoms with van der Waals surface area (Å²) >= 11 is 4.82. The number of para-hydroxylation sites is 1. The molecule has 1 saturated heterocycles. The van der Waals surface area contributed by atoms with E-state index in [9.17, 15) is 0 Å². The molecule has 0 aromatic heterocycles. The van der Waals surface area contributed by atoms with Gasteiger partial charge in [0.25, 0.3) is 0 Å². The van der Waals surface area contributed by atoms with Gasteiger partial charge in [0.15, 0.2) is 0 Å². The number of piperazine rings is 1. The van der Waals surface area contributed by atoms with Gasteiger partial charge >= 0.3 is 0 Å². The minimum Gasteiger partial charge on any atom is -0.377 e. The Hall–Kier alpha value is -0.710. The third-order valence-electron chi connectivity index (χ3n) is 5.83. The first-order valence-electron chi connectivity index (χ1n) is 10.2. The SMILES string of the molecule is C[C@@H]1C[C@@H](OC[C@@H](S)CN2CCN(c3ccccc3)CC2)CC(C)(C)C1. The van der Waals surface area contributed by atoms with Gasteiger partial charge in [-0.1, -0.05) is 39.0 Å². The minimum absolute atomic E-state index is 0.304. The predicted octanol–water partition coefficient (Wildman–Crippen LogP) is 4.34. The van der Waals surface area contributed by atoms with E-state index in [0.29, 0.717) is 16.8 Å². The summed E-state index contributed by atoms with van der Waals surface area (Å²) in [6, 6.07) is 10.7. The second-order valence-corrected chi connectivity index (χ2v) is 9.88. The van der Waals surface area contributed by atoms with Crippen molar-refractivity contribution in [2.24, 2.45) is 11.3 Å². The Morgan fingerprint density at radius 2 is 1.81 bits per heavy atom. The molecule has 0 amide bonds. The Labute approximate surface area is 165 Å². The highest BCUT2D eigenvalue weighted by atomic mass is 32.1. The van der Waals surface area contributed by atoms with E-state index in [1.54, 1.807) is 0 Å². The van der Waals surface area contributed by atoms with Gasteiger partial charge in [-0.05, 0) is 42.7 Å². The molecule has 0 unspecified atom stereocenters. The third-order valence-corrected chi connectivity index (χ3v) is 6.15. The molecule has 0 spiro atoms. The molecule has 0 radical (unpaired) electrons. The molecule has 1 heterocycles. The molecule has 3 nitrogen and oxygen atoms in total. The highest BCUT2D eigenvalue weighted by Crippen LogP contribution is 2.39. The van der Waals surface area contributed by atoms with Crippen molar-refractivity contribution in [1.82, 2.24) is 4.90 Å². The van der Waals surface area contributed by atoms with Gasteiger partial charge < -0.3 is 9.64 Å². The first kappa shape index (κ1) is 20.0. The quantitative estimate of drug-likeness (QED) is 0.744. The van der Waals surface area contributed by atoms with Gasteiger partial charge in [-0.15, -0.1) is 0 Å². The van der Waals surface area contributed by atoms with E-state index in [4.69, 9.17) is 17.4 Å². The zero-order chi connectivity index (χ0) is 18.6. The molecule has 1 aliphatic heterocycles. The van der Waals surface area contributed by atoms with Crippen LogP contribution in [0.25, 0.3) is 0 Å². The van der Waals surface area contributed by atoms with Crippen LogP contribution in [-0.2, 0) is 4.74 Å². The van der Waals surface area contributed by atoms with Crippen LogP contribution in [0, 0.1) is 11.3 Å². The largest absolute Gasteiger partial charge is 0.377 e. The van der Waals surface area contributed by atoms with Crippen molar-refractivity contribution in [3.05, 3.63) is 30.3 Å². The fourth-order valence-electron chi connectivity index (χ4n) is 4.81. The number of hydrogen-bond acceptors (Lipinski definition) is 4. The average molecular weight is 377 g/mol. The monoisotopic (exact) mass is 376 g/mol. The van der Waals surface area contributed by atoms with E-state index in [1.807, 2.05) is 0 Å². The molecule has 1 aliphatic carbocycles. The van der Waals surface area contributed by atoms with Crippen LogP contribution in [0.5, 0.6) is 0 Å². The molecule has 4 heteroatoms. The first-order chi connectivity index (χ1) is 12.4. The number of hydrogen-bond donors (Lipinski definition) is 1. The van der Waals surface area contributed by atoms with Crippen LogP contribution >= 0.6 is 12.6 Å². The second-order valence-electron chi connectivity index (χ2n) is 9.15. The lowest BCUT2D eigenvalue weighted by atomic mass is 9.71. The van der Waals surface area contributed by atoms with Gasteiger partial charge in [0, 0.05) is 43.7 Å². The van der Waals surface area contributed by atoms with Crippen LogP contribution in [0.3, 0.4) is 0 Å². The van der Waals surface area contributed by atoms with Crippen molar-refractivity contribution in [2.75, 3.05) is 44.2 Å². The molecule has 2 aliphatic rings. The van der Waals surface area contributed by atoms with Crippen LogP contribution in [-0.4, -0.2) is 55.6 Å². The number of ether oxygens (including phenoxy) is 1. The Morgan fingerprint density at radius 1 is 1.12 bits per heavy atom. The summed E-state index contributed by atoms with van der Waals surface area (Å²) in [5, 5.41) is 0.304. The average Bonchev–Trinajstić information content (AvgIpc) is 2.60.